The molecule has 5 nitrogen and oxygen atoms in total. The van der Waals surface area contributed by atoms with E-state index in [9.17, 15) is 13.6 Å². The van der Waals surface area contributed by atoms with E-state index in [0.717, 1.165) is 25.9 Å². The molecule has 0 atom stereocenters. The van der Waals surface area contributed by atoms with E-state index in [1.54, 1.807) is 18.3 Å². The van der Waals surface area contributed by atoms with Crippen LogP contribution in [0.25, 0.3) is 0 Å². The van der Waals surface area contributed by atoms with Gasteiger partial charge in [-0.2, -0.15) is 8.78 Å². The number of rotatable bonds is 5. The predicted molar refractivity (Wildman–Crippen MR) is 96.3 cm³/mol. The van der Waals surface area contributed by atoms with Gasteiger partial charge in [0.2, 0.25) is 0 Å². The minimum absolute atomic E-state index is 0.00876. The smallest absolute Gasteiger partial charge is 0.387 e. The van der Waals surface area contributed by atoms with Gasteiger partial charge in [-0.3, -0.25) is 4.79 Å². The van der Waals surface area contributed by atoms with Gasteiger partial charge in [0.15, 0.2) is 0 Å². The molecular weight excluding hydrogens is 364 g/mol. The third-order valence-corrected chi connectivity index (χ3v) is 4.39. The number of pyridine rings is 1. The van der Waals surface area contributed by atoms with Crippen molar-refractivity contribution in [3.8, 4) is 5.75 Å². The number of halogens is 3. The molecule has 1 aromatic heterocycles. The van der Waals surface area contributed by atoms with Crippen LogP contribution in [-0.4, -0.2) is 30.6 Å². The highest BCUT2D eigenvalue weighted by Crippen LogP contribution is 2.29. The van der Waals surface area contributed by atoms with Crippen molar-refractivity contribution >= 4 is 29.0 Å². The van der Waals surface area contributed by atoms with Crippen LogP contribution < -0.4 is 15.0 Å². The van der Waals surface area contributed by atoms with Gasteiger partial charge in [-0.05, 0) is 49.6 Å². The summed E-state index contributed by atoms with van der Waals surface area (Å²) in [5.74, 6) is 0.167. The van der Waals surface area contributed by atoms with Gasteiger partial charge in [0.05, 0.1) is 10.6 Å². The highest BCUT2D eigenvalue weighted by Gasteiger charge is 2.20. The van der Waals surface area contributed by atoms with Crippen molar-refractivity contribution in [2.75, 3.05) is 23.3 Å². The molecule has 1 amide bonds. The summed E-state index contributed by atoms with van der Waals surface area (Å²) in [5.41, 5.74) is 0.841. The van der Waals surface area contributed by atoms with Crippen molar-refractivity contribution in [1.82, 2.24) is 4.98 Å². The average molecular weight is 382 g/mol. The second kappa shape index (κ2) is 8.31. The molecule has 0 saturated carbocycles. The molecule has 0 spiro atoms. The van der Waals surface area contributed by atoms with E-state index in [-0.39, 0.29) is 16.7 Å². The van der Waals surface area contributed by atoms with Crippen molar-refractivity contribution in [3.05, 3.63) is 47.1 Å². The summed E-state index contributed by atoms with van der Waals surface area (Å²) in [7, 11) is 0. The van der Waals surface area contributed by atoms with Crippen LogP contribution in [0.5, 0.6) is 5.75 Å². The molecule has 0 bridgehead atoms. The van der Waals surface area contributed by atoms with Gasteiger partial charge in [0.25, 0.3) is 5.91 Å². The number of carbonyl (C=O) groups excluding carboxylic acids is 1. The Hall–Kier alpha value is -2.41. The monoisotopic (exact) mass is 381 g/mol. The summed E-state index contributed by atoms with van der Waals surface area (Å²) in [6, 6.07) is 7.53. The van der Waals surface area contributed by atoms with Gasteiger partial charge in [0, 0.05) is 25.0 Å². The summed E-state index contributed by atoms with van der Waals surface area (Å²) in [6.45, 7) is -1.23. The fourth-order valence-corrected chi connectivity index (χ4v) is 3.13. The molecule has 26 heavy (non-hydrogen) atoms. The molecule has 1 aliphatic rings. The predicted octanol–water partition coefficient (Wildman–Crippen LogP) is 4.58. The molecule has 0 unspecified atom stereocenters. The first-order valence-electron chi connectivity index (χ1n) is 8.30. The second-order valence-electron chi connectivity index (χ2n) is 5.90. The lowest BCUT2D eigenvalue weighted by Gasteiger charge is -2.29. The van der Waals surface area contributed by atoms with Crippen molar-refractivity contribution in [3.63, 3.8) is 0 Å². The van der Waals surface area contributed by atoms with Crippen LogP contribution >= 0.6 is 11.6 Å². The SMILES string of the molecule is O=C(Nc1ccc(OC(F)F)c(Cl)c1)c1cccnc1N1CCCCC1. The Morgan fingerprint density at radius 1 is 1.23 bits per heavy atom. The maximum absolute atomic E-state index is 12.7. The number of carbonyl (C=O) groups is 1. The van der Waals surface area contributed by atoms with Gasteiger partial charge in [-0.25, -0.2) is 4.98 Å². The Morgan fingerprint density at radius 3 is 2.69 bits per heavy atom. The maximum Gasteiger partial charge on any atom is 0.387 e. The summed E-state index contributed by atoms with van der Waals surface area (Å²) in [5, 5.41) is 2.72. The molecule has 8 heteroatoms. The van der Waals surface area contributed by atoms with E-state index < -0.39 is 6.61 Å². The van der Waals surface area contributed by atoms with Crippen LogP contribution in [0, 0.1) is 0 Å². The standard InChI is InChI=1S/C18H18ClF2N3O2/c19-14-11-12(6-7-15(14)26-18(20)21)23-17(25)13-5-4-8-22-16(13)24-9-2-1-3-10-24/h4-8,11,18H,1-3,9-10H2,(H,23,25). The molecule has 3 rings (SSSR count). The Morgan fingerprint density at radius 2 is 2.00 bits per heavy atom. The van der Waals surface area contributed by atoms with Crippen LogP contribution in [0.4, 0.5) is 20.3 Å². The first kappa shape index (κ1) is 18.4. The number of anilines is 2. The third kappa shape index (κ3) is 4.40. The lowest BCUT2D eigenvalue weighted by molar-refractivity contribution is -0.0497. The topological polar surface area (TPSA) is 54.5 Å². The van der Waals surface area contributed by atoms with Gasteiger partial charge in [-0.1, -0.05) is 11.6 Å². The molecule has 0 radical (unpaired) electrons. The molecule has 2 heterocycles. The number of ether oxygens (including phenoxy) is 1. The number of alkyl halides is 2. The van der Waals surface area contributed by atoms with Crippen LogP contribution in [-0.2, 0) is 0 Å². The number of nitrogens with zero attached hydrogens (tertiary/aromatic N) is 2. The average Bonchev–Trinajstić information content (AvgIpc) is 2.64. The number of nitrogens with one attached hydrogen (secondary N) is 1. The number of benzene rings is 1. The molecule has 1 saturated heterocycles. The number of amides is 1. The van der Waals surface area contributed by atoms with Crippen LogP contribution in [0.15, 0.2) is 36.5 Å². The fraction of sp³-hybridized carbons (Fsp3) is 0.333. The lowest BCUT2D eigenvalue weighted by Crippen LogP contribution is -2.32. The Kier molecular flexibility index (Phi) is 5.88. The zero-order valence-corrected chi connectivity index (χ0v) is 14.7. The normalized spacial score (nSPS) is 14.4. The first-order chi connectivity index (χ1) is 12.5. The van der Waals surface area contributed by atoms with E-state index in [2.05, 4.69) is 19.9 Å². The van der Waals surface area contributed by atoms with Gasteiger partial charge < -0.3 is 15.0 Å². The fourth-order valence-electron chi connectivity index (χ4n) is 2.90. The highest BCUT2D eigenvalue weighted by atomic mass is 35.5. The quantitative estimate of drug-likeness (QED) is 0.823. The Balaban J connectivity index is 1.77. The van der Waals surface area contributed by atoms with Crippen molar-refractivity contribution in [1.29, 1.82) is 0 Å². The van der Waals surface area contributed by atoms with Crippen LogP contribution in [0.1, 0.15) is 29.6 Å². The summed E-state index contributed by atoms with van der Waals surface area (Å²) in [4.78, 5) is 19.1. The molecule has 1 aliphatic heterocycles. The van der Waals surface area contributed by atoms with Crippen LogP contribution in [0.2, 0.25) is 5.02 Å². The first-order valence-corrected chi connectivity index (χ1v) is 8.68. The second-order valence-corrected chi connectivity index (χ2v) is 6.31. The summed E-state index contributed by atoms with van der Waals surface area (Å²) in [6.07, 6.45) is 4.97. The number of hydrogen-bond donors (Lipinski definition) is 1. The molecule has 1 fully saturated rings. The van der Waals surface area contributed by atoms with E-state index in [4.69, 9.17) is 11.6 Å². The van der Waals surface area contributed by atoms with E-state index >= 15 is 0 Å². The molecule has 0 aliphatic carbocycles. The maximum atomic E-state index is 12.7. The summed E-state index contributed by atoms with van der Waals surface area (Å²) < 4.78 is 28.9. The molecule has 2 aromatic rings. The lowest BCUT2D eigenvalue weighted by atomic mass is 10.1. The Labute approximate surface area is 154 Å². The van der Waals surface area contributed by atoms with Gasteiger partial charge in [0.1, 0.15) is 11.6 Å². The molecule has 1 aromatic carbocycles. The van der Waals surface area contributed by atoms with Gasteiger partial charge >= 0.3 is 6.61 Å². The molecule has 138 valence electrons. The summed E-state index contributed by atoms with van der Waals surface area (Å²) >= 11 is 5.93. The minimum Gasteiger partial charge on any atom is -0.433 e. The van der Waals surface area contributed by atoms with Crippen LogP contribution in [0.3, 0.4) is 0 Å². The zero-order chi connectivity index (χ0) is 18.5. The number of hydrogen-bond acceptors (Lipinski definition) is 4. The molecule has 1 N–H and O–H groups in total. The number of piperidine rings is 1. The van der Waals surface area contributed by atoms with Crippen molar-refractivity contribution < 1.29 is 18.3 Å². The van der Waals surface area contributed by atoms with E-state index in [1.165, 1.54) is 24.6 Å². The molecular formula is C18H18ClF2N3O2. The number of aromatic nitrogens is 1. The van der Waals surface area contributed by atoms with E-state index in [0.29, 0.717) is 17.1 Å². The zero-order valence-electron chi connectivity index (χ0n) is 13.9. The van der Waals surface area contributed by atoms with Crippen molar-refractivity contribution in [2.24, 2.45) is 0 Å². The largest absolute Gasteiger partial charge is 0.433 e. The highest BCUT2D eigenvalue weighted by molar-refractivity contribution is 6.32. The minimum atomic E-state index is -2.96. The van der Waals surface area contributed by atoms with E-state index in [1.807, 2.05) is 0 Å². The Bertz CT molecular complexity index is 783. The van der Waals surface area contributed by atoms with Gasteiger partial charge in [-0.15, -0.1) is 0 Å². The van der Waals surface area contributed by atoms with Crippen molar-refractivity contribution in [2.45, 2.75) is 25.9 Å². The third-order valence-electron chi connectivity index (χ3n) is 4.09.